The van der Waals surface area contributed by atoms with Gasteiger partial charge in [0.05, 0.1) is 29.6 Å². The second-order valence-electron chi connectivity index (χ2n) is 11.1. The number of nitrogens with one attached hydrogen (secondary N) is 1. The highest BCUT2D eigenvalue weighted by atomic mass is 32.3. The standard InChI is InChI=1S/C31H24F5N3O9S3/c1-49(42,43)39(50(2,44)45)20-6-5-7-22(15-20)51(46,47)37-30(41)29-28(23-8-3-4-9-27(23)40)24-16-21(48-31(34,35)36)12-13-26(24)38(29)17-18-10-11-19(32)14-25(18)33/h3-8,10-16H,9,17H2,1-2H3,(H,37,41). The number of halogens is 5. The first-order valence-electron chi connectivity index (χ1n) is 14.2. The normalized spacial score (nSPS) is 14.0. The quantitative estimate of drug-likeness (QED) is 0.226. The third-order valence-corrected chi connectivity index (χ3v) is 11.8. The van der Waals surface area contributed by atoms with Gasteiger partial charge in [-0.2, -0.15) is 3.71 Å². The van der Waals surface area contributed by atoms with Gasteiger partial charge in [0, 0.05) is 40.1 Å². The first-order chi connectivity index (χ1) is 23.6. The number of sulfonamides is 3. The minimum absolute atomic E-state index is 0.0383. The van der Waals surface area contributed by atoms with E-state index in [9.17, 15) is 56.8 Å². The van der Waals surface area contributed by atoms with Crippen LogP contribution in [0.2, 0.25) is 0 Å². The van der Waals surface area contributed by atoms with Crippen molar-refractivity contribution in [2.45, 2.75) is 24.2 Å². The zero-order valence-corrected chi connectivity index (χ0v) is 28.6. The fourth-order valence-electron chi connectivity index (χ4n) is 5.41. The number of carbonyl (C=O) groups is 2. The van der Waals surface area contributed by atoms with E-state index in [1.165, 1.54) is 18.2 Å². The highest BCUT2D eigenvalue weighted by Gasteiger charge is 2.35. The summed E-state index contributed by atoms with van der Waals surface area (Å²) < 4.78 is 152. The Labute approximate surface area is 287 Å². The molecule has 0 aliphatic heterocycles. The van der Waals surface area contributed by atoms with Crippen molar-refractivity contribution in [3.63, 3.8) is 0 Å². The monoisotopic (exact) mass is 773 g/mol. The second-order valence-corrected chi connectivity index (χ2v) is 16.6. The number of carbonyl (C=O) groups excluding carboxylic acids is 2. The average Bonchev–Trinajstić information content (AvgIpc) is 3.29. The van der Waals surface area contributed by atoms with Crippen molar-refractivity contribution in [3.8, 4) is 5.75 Å². The van der Waals surface area contributed by atoms with Crippen molar-refractivity contribution in [3.05, 3.63) is 107 Å². The van der Waals surface area contributed by atoms with Crippen molar-refractivity contribution < 1.29 is 61.5 Å². The van der Waals surface area contributed by atoms with Crippen LogP contribution in [-0.2, 0) is 41.4 Å². The molecule has 4 aromatic rings. The number of ether oxygens (including phenoxy) is 1. The molecule has 1 N–H and O–H groups in total. The molecule has 1 amide bonds. The maximum Gasteiger partial charge on any atom is 0.573 e. The highest BCUT2D eigenvalue weighted by Crippen LogP contribution is 2.38. The molecule has 270 valence electrons. The molecule has 0 unspecified atom stereocenters. The van der Waals surface area contributed by atoms with E-state index in [4.69, 9.17) is 0 Å². The molecule has 0 bridgehead atoms. The Bertz CT molecular complexity index is 2480. The molecule has 1 heterocycles. The number of fused-ring (bicyclic) bond motifs is 1. The molecule has 1 aromatic heterocycles. The van der Waals surface area contributed by atoms with Crippen molar-refractivity contribution in [1.82, 2.24) is 9.29 Å². The summed E-state index contributed by atoms with van der Waals surface area (Å²) in [6, 6.07) is 8.76. The summed E-state index contributed by atoms with van der Waals surface area (Å²) >= 11 is 0. The molecule has 1 aliphatic carbocycles. The first-order valence-corrected chi connectivity index (χ1v) is 19.4. The van der Waals surface area contributed by atoms with Crippen LogP contribution < -0.4 is 13.2 Å². The molecule has 0 saturated carbocycles. The lowest BCUT2D eigenvalue weighted by atomic mass is 9.93. The summed E-state index contributed by atoms with van der Waals surface area (Å²) in [6.45, 7) is -0.630. The zero-order chi connectivity index (χ0) is 37.7. The number of benzene rings is 3. The van der Waals surface area contributed by atoms with Crippen LogP contribution in [0.25, 0.3) is 16.5 Å². The van der Waals surface area contributed by atoms with Gasteiger partial charge >= 0.3 is 6.36 Å². The zero-order valence-electron chi connectivity index (χ0n) is 26.1. The lowest BCUT2D eigenvalue weighted by molar-refractivity contribution is -0.274. The molecule has 51 heavy (non-hydrogen) atoms. The number of amides is 1. The Morgan fingerprint density at radius 3 is 2.24 bits per heavy atom. The van der Waals surface area contributed by atoms with Gasteiger partial charge in [-0.25, -0.2) is 38.8 Å². The summed E-state index contributed by atoms with van der Waals surface area (Å²) in [5.74, 6) is -4.94. The van der Waals surface area contributed by atoms with Crippen LogP contribution >= 0.6 is 0 Å². The number of anilines is 1. The first kappa shape index (κ1) is 37.2. The fraction of sp³-hybridized carbons (Fsp3) is 0.161. The lowest BCUT2D eigenvalue weighted by Gasteiger charge is -2.20. The minimum atomic E-state index is -5.16. The van der Waals surface area contributed by atoms with Crippen LogP contribution in [0.15, 0.2) is 83.8 Å². The van der Waals surface area contributed by atoms with Gasteiger partial charge in [0.1, 0.15) is 23.1 Å². The van der Waals surface area contributed by atoms with Crippen molar-refractivity contribution in [1.29, 1.82) is 0 Å². The van der Waals surface area contributed by atoms with Gasteiger partial charge in [0.2, 0.25) is 20.0 Å². The van der Waals surface area contributed by atoms with Gasteiger partial charge in [-0.1, -0.05) is 30.4 Å². The number of Topliss-reactive ketones (excluding diaryl/α,β-unsaturated/α-hetero) is 1. The number of nitrogens with zero attached hydrogens (tertiary/aromatic N) is 2. The van der Waals surface area contributed by atoms with E-state index in [0.29, 0.717) is 24.6 Å². The maximum atomic E-state index is 14.9. The fourth-order valence-corrected chi connectivity index (χ4v) is 9.36. The van der Waals surface area contributed by atoms with Crippen LogP contribution in [0, 0.1) is 11.6 Å². The van der Waals surface area contributed by atoms with Crippen LogP contribution in [0.1, 0.15) is 28.0 Å². The van der Waals surface area contributed by atoms with Crippen molar-refractivity contribution in [2.24, 2.45) is 0 Å². The smallest absolute Gasteiger partial charge is 0.406 e. The van der Waals surface area contributed by atoms with E-state index in [-0.39, 0.29) is 37.7 Å². The predicted octanol–water partition coefficient (Wildman–Crippen LogP) is 4.62. The molecule has 0 spiro atoms. The topological polar surface area (TPSA) is 166 Å². The van der Waals surface area contributed by atoms with E-state index in [1.807, 2.05) is 0 Å². The number of allylic oxidation sites excluding steroid dienone is 4. The molecule has 1 aliphatic rings. The molecular weight excluding hydrogens is 750 g/mol. The van der Waals surface area contributed by atoms with Gasteiger partial charge in [0.15, 0.2) is 5.78 Å². The summed E-state index contributed by atoms with van der Waals surface area (Å²) in [6.07, 6.45) is -0.165. The van der Waals surface area contributed by atoms with Crippen molar-refractivity contribution in [2.75, 3.05) is 16.2 Å². The average molecular weight is 774 g/mol. The maximum absolute atomic E-state index is 14.9. The lowest BCUT2D eigenvalue weighted by Crippen LogP contribution is -2.36. The van der Waals surface area contributed by atoms with E-state index >= 15 is 0 Å². The number of hydrogen-bond donors (Lipinski definition) is 1. The van der Waals surface area contributed by atoms with E-state index < -0.39 is 88.3 Å². The van der Waals surface area contributed by atoms with Crippen LogP contribution in [-0.4, -0.2) is 60.4 Å². The summed E-state index contributed by atoms with van der Waals surface area (Å²) in [5, 5.41) is -0.212. The Balaban J connectivity index is 1.74. The van der Waals surface area contributed by atoms with Gasteiger partial charge in [0.25, 0.3) is 15.9 Å². The molecule has 3 aromatic carbocycles. The summed E-state index contributed by atoms with van der Waals surface area (Å²) in [7, 11) is -14.1. The molecule has 0 radical (unpaired) electrons. The van der Waals surface area contributed by atoms with Gasteiger partial charge < -0.3 is 9.30 Å². The van der Waals surface area contributed by atoms with Gasteiger partial charge in [-0.05, 0) is 42.5 Å². The van der Waals surface area contributed by atoms with E-state index in [2.05, 4.69) is 4.74 Å². The molecule has 12 nitrogen and oxygen atoms in total. The predicted molar refractivity (Wildman–Crippen MR) is 174 cm³/mol. The molecule has 0 atom stereocenters. The Morgan fingerprint density at radius 2 is 1.63 bits per heavy atom. The SMILES string of the molecule is CS(=O)(=O)N(c1cccc(S(=O)(=O)NC(=O)c2c(C3=CC=CCC3=O)c3cc(OC(F)(F)F)ccc3n2Cc2ccc(F)cc2F)c1)S(C)(=O)=O. The molecular formula is C31H24F5N3O9S3. The minimum Gasteiger partial charge on any atom is -0.406 e. The second kappa shape index (κ2) is 13.2. The number of hydrogen-bond acceptors (Lipinski definition) is 9. The molecule has 5 rings (SSSR count). The number of aromatic nitrogens is 1. The highest BCUT2D eigenvalue weighted by molar-refractivity contribution is 8.09. The largest absolute Gasteiger partial charge is 0.573 e. The van der Waals surface area contributed by atoms with E-state index in [0.717, 1.165) is 53.1 Å². The molecule has 20 heteroatoms. The third-order valence-electron chi connectivity index (χ3n) is 7.27. The summed E-state index contributed by atoms with van der Waals surface area (Å²) in [5.41, 5.74) is -2.19. The van der Waals surface area contributed by atoms with Crippen molar-refractivity contribution >= 4 is 63.9 Å². The Morgan fingerprint density at radius 1 is 0.941 bits per heavy atom. The summed E-state index contributed by atoms with van der Waals surface area (Å²) in [4.78, 5) is 26.5. The molecule has 0 fully saturated rings. The van der Waals surface area contributed by atoms with Crippen LogP contribution in [0.5, 0.6) is 5.75 Å². The number of rotatable bonds is 10. The molecule has 0 saturated heterocycles. The number of alkyl halides is 3. The Hall–Kier alpha value is -5.08. The van der Waals surface area contributed by atoms with Gasteiger partial charge in [-0.15, -0.1) is 13.2 Å². The third kappa shape index (κ3) is 7.97. The number of ketones is 1. The van der Waals surface area contributed by atoms with Crippen LogP contribution in [0.4, 0.5) is 27.6 Å². The van der Waals surface area contributed by atoms with Crippen LogP contribution in [0.3, 0.4) is 0 Å². The Kier molecular flexibility index (Phi) is 9.65. The van der Waals surface area contributed by atoms with E-state index in [1.54, 1.807) is 4.72 Å². The van der Waals surface area contributed by atoms with Gasteiger partial charge in [-0.3, -0.25) is 9.59 Å².